The first-order valence-electron chi connectivity index (χ1n) is 14.3. The number of halogens is 1. The molecule has 3 amide bonds. The molecule has 218 valence electrons. The van der Waals surface area contributed by atoms with Crippen molar-refractivity contribution >= 4 is 17.7 Å². The highest BCUT2D eigenvalue weighted by Gasteiger charge is 2.52. The van der Waals surface area contributed by atoms with Gasteiger partial charge in [-0.3, -0.25) is 14.4 Å². The van der Waals surface area contributed by atoms with Crippen molar-refractivity contribution in [2.75, 3.05) is 39.8 Å². The maximum absolute atomic E-state index is 13.9. The summed E-state index contributed by atoms with van der Waals surface area (Å²) in [6, 6.07) is 4.84. The molecule has 0 bridgehead atoms. The largest absolute Gasteiger partial charge is 0.351 e. The van der Waals surface area contributed by atoms with Gasteiger partial charge < -0.3 is 25.8 Å². The average Bonchev–Trinajstić information content (AvgIpc) is 2.88. The molecule has 2 aliphatic heterocycles. The monoisotopic (exact) mass is 545 g/mol. The van der Waals surface area contributed by atoms with Crippen molar-refractivity contribution in [3.05, 3.63) is 35.6 Å². The van der Waals surface area contributed by atoms with Crippen LogP contribution >= 0.6 is 0 Å². The molecule has 0 spiro atoms. The van der Waals surface area contributed by atoms with E-state index in [0.717, 1.165) is 18.5 Å². The highest BCUT2D eigenvalue weighted by atomic mass is 19.1. The normalized spacial score (nSPS) is 21.2. The second-order valence-corrected chi connectivity index (χ2v) is 13.0. The molecule has 2 fully saturated rings. The van der Waals surface area contributed by atoms with Crippen LogP contribution in [-0.4, -0.2) is 84.9 Å². The molecule has 2 aliphatic rings. The summed E-state index contributed by atoms with van der Waals surface area (Å²) in [5.74, 6) is -0.696. The third-order valence-corrected chi connectivity index (χ3v) is 8.69. The zero-order valence-electron chi connectivity index (χ0n) is 24.8. The Bertz CT molecular complexity index is 1010. The fourth-order valence-corrected chi connectivity index (χ4v) is 5.74. The summed E-state index contributed by atoms with van der Waals surface area (Å²) in [5.41, 5.74) is -0.436. The van der Waals surface area contributed by atoms with Gasteiger partial charge in [-0.05, 0) is 70.2 Å². The number of benzene rings is 1. The lowest BCUT2D eigenvalue weighted by atomic mass is 9.58. The van der Waals surface area contributed by atoms with Crippen LogP contribution in [0.5, 0.6) is 0 Å². The number of nitrogens with zero attached hydrogens (tertiary/aromatic N) is 2. The molecular weight excluding hydrogens is 497 g/mol. The zero-order valence-corrected chi connectivity index (χ0v) is 24.8. The van der Waals surface area contributed by atoms with Crippen LogP contribution in [0, 0.1) is 16.6 Å². The average molecular weight is 546 g/mol. The molecule has 9 heteroatoms. The number of piperazine rings is 1. The number of rotatable bonds is 8. The smallest absolute Gasteiger partial charge is 0.245 e. The molecule has 0 unspecified atom stereocenters. The lowest BCUT2D eigenvalue weighted by Crippen LogP contribution is -2.62. The van der Waals surface area contributed by atoms with Crippen molar-refractivity contribution in [1.82, 2.24) is 25.8 Å². The maximum atomic E-state index is 13.9. The highest BCUT2D eigenvalue weighted by Crippen LogP contribution is 2.49. The summed E-state index contributed by atoms with van der Waals surface area (Å²) < 4.78 is 13.5. The Kier molecular flexibility index (Phi) is 9.81. The van der Waals surface area contributed by atoms with Crippen LogP contribution in [0.4, 0.5) is 4.39 Å². The van der Waals surface area contributed by atoms with Gasteiger partial charge in [0.25, 0.3) is 0 Å². The number of nitrogens with one attached hydrogen (secondary N) is 3. The van der Waals surface area contributed by atoms with E-state index in [1.54, 1.807) is 17.0 Å². The molecule has 2 atom stereocenters. The second kappa shape index (κ2) is 12.3. The molecule has 0 aliphatic carbocycles. The number of amides is 3. The summed E-state index contributed by atoms with van der Waals surface area (Å²) in [6.07, 6.45) is 2.20. The SMILES string of the molecule is CCC(C)(C)C1(C(=O)NC(C)(C)C)CCN(C(=O)[C@H](Cc2ccc(F)cc2)NC(=O)[C@H]2CN(C)CCN2)CC1. The molecule has 1 aromatic rings. The van der Waals surface area contributed by atoms with Crippen molar-refractivity contribution < 1.29 is 18.8 Å². The third-order valence-electron chi connectivity index (χ3n) is 8.69. The van der Waals surface area contributed by atoms with Crippen LogP contribution in [0.15, 0.2) is 24.3 Å². The summed E-state index contributed by atoms with van der Waals surface area (Å²) in [6.45, 7) is 15.3. The quantitative estimate of drug-likeness (QED) is 0.467. The predicted molar refractivity (Wildman–Crippen MR) is 152 cm³/mol. The Labute approximate surface area is 233 Å². The zero-order chi connectivity index (χ0) is 29.0. The Balaban J connectivity index is 1.79. The Morgan fingerprint density at radius 2 is 1.69 bits per heavy atom. The number of hydrogen-bond acceptors (Lipinski definition) is 5. The van der Waals surface area contributed by atoms with Gasteiger partial charge in [-0.15, -0.1) is 0 Å². The molecule has 0 radical (unpaired) electrons. The summed E-state index contributed by atoms with van der Waals surface area (Å²) in [4.78, 5) is 44.6. The lowest BCUT2D eigenvalue weighted by Gasteiger charge is -2.51. The highest BCUT2D eigenvalue weighted by molar-refractivity contribution is 5.90. The van der Waals surface area contributed by atoms with Crippen molar-refractivity contribution in [3.63, 3.8) is 0 Å². The van der Waals surface area contributed by atoms with E-state index >= 15 is 0 Å². The first-order chi connectivity index (χ1) is 18.2. The summed E-state index contributed by atoms with van der Waals surface area (Å²) in [7, 11) is 1.97. The Morgan fingerprint density at radius 1 is 1.08 bits per heavy atom. The molecular formula is C30H48FN5O3. The van der Waals surface area contributed by atoms with Crippen molar-refractivity contribution in [1.29, 1.82) is 0 Å². The fraction of sp³-hybridized carbons (Fsp3) is 0.700. The third kappa shape index (κ3) is 7.57. The van der Waals surface area contributed by atoms with E-state index in [2.05, 4.69) is 41.6 Å². The van der Waals surface area contributed by atoms with Gasteiger partial charge in [0, 0.05) is 44.7 Å². The van der Waals surface area contributed by atoms with Gasteiger partial charge in [0.05, 0.1) is 11.5 Å². The molecule has 3 rings (SSSR count). The van der Waals surface area contributed by atoms with Crippen LogP contribution in [0.3, 0.4) is 0 Å². The van der Waals surface area contributed by atoms with Gasteiger partial charge in [-0.2, -0.15) is 0 Å². The minimum Gasteiger partial charge on any atom is -0.351 e. The first-order valence-corrected chi connectivity index (χ1v) is 14.3. The predicted octanol–water partition coefficient (Wildman–Crippen LogP) is 2.72. The molecule has 0 saturated carbocycles. The van der Waals surface area contributed by atoms with Gasteiger partial charge in [-0.1, -0.05) is 32.9 Å². The minimum atomic E-state index is -0.785. The molecule has 2 heterocycles. The van der Waals surface area contributed by atoms with Crippen LogP contribution in [0.25, 0.3) is 0 Å². The minimum absolute atomic E-state index is 0.0395. The van der Waals surface area contributed by atoms with Gasteiger partial charge in [-0.25, -0.2) is 4.39 Å². The molecule has 2 saturated heterocycles. The number of piperidine rings is 1. The topological polar surface area (TPSA) is 93.8 Å². The van der Waals surface area contributed by atoms with E-state index in [-0.39, 0.29) is 40.9 Å². The number of likely N-dealkylation sites (N-methyl/N-ethyl adjacent to an activating group) is 1. The second-order valence-electron chi connectivity index (χ2n) is 13.0. The van der Waals surface area contributed by atoms with E-state index in [0.29, 0.717) is 39.0 Å². The number of carbonyl (C=O) groups excluding carboxylic acids is 3. The van der Waals surface area contributed by atoms with E-state index in [1.165, 1.54) is 12.1 Å². The lowest BCUT2D eigenvalue weighted by molar-refractivity contribution is -0.151. The number of carbonyl (C=O) groups is 3. The van der Waals surface area contributed by atoms with Crippen LogP contribution in [0.1, 0.15) is 66.4 Å². The Morgan fingerprint density at radius 3 is 2.23 bits per heavy atom. The number of hydrogen-bond donors (Lipinski definition) is 3. The Hall–Kier alpha value is -2.52. The van der Waals surface area contributed by atoms with Crippen LogP contribution in [0.2, 0.25) is 0 Å². The van der Waals surface area contributed by atoms with Crippen LogP contribution in [-0.2, 0) is 20.8 Å². The van der Waals surface area contributed by atoms with Crippen molar-refractivity contribution in [2.24, 2.45) is 10.8 Å². The van der Waals surface area contributed by atoms with E-state index < -0.39 is 17.5 Å². The standard InChI is InChI=1S/C30H48FN5O3/c1-8-29(5,6)30(27(39)34-28(2,3)4)13-16-36(17-14-30)26(38)23(19-21-9-11-22(31)12-10-21)33-25(37)24-20-35(7)18-15-32-24/h9-12,23-24,32H,8,13-20H2,1-7H3,(H,33,37)(H,34,39)/t23-,24+/m0/s1. The maximum Gasteiger partial charge on any atom is 0.245 e. The van der Waals surface area contributed by atoms with Gasteiger partial charge >= 0.3 is 0 Å². The van der Waals surface area contributed by atoms with E-state index in [9.17, 15) is 18.8 Å². The van der Waals surface area contributed by atoms with Gasteiger partial charge in [0.1, 0.15) is 11.9 Å². The van der Waals surface area contributed by atoms with Crippen LogP contribution < -0.4 is 16.0 Å². The number of likely N-dealkylation sites (tertiary alicyclic amines) is 1. The molecule has 39 heavy (non-hydrogen) atoms. The molecule has 1 aromatic carbocycles. The van der Waals surface area contributed by atoms with Crippen molar-refractivity contribution in [2.45, 2.75) is 84.8 Å². The van der Waals surface area contributed by atoms with E-state index in [4.69, 9.17) is 0 Å². The summed E-state index contributed by atoms with van der Waals surface area (Å²) >= 11 is 0. The van der Waals surface area contributed by atoms with Crippen molar-refractivity contribution in [3.8, 4) is 0 Å². The van der Waals surface area contributed by atoms with E-state index in [1.807, 2.05) is 27.8 Å². The fourth-order valence-electron chi connectivity index (χ4n) is 5.74. The first kappa shape index (κ1) is 31.0. The van der Waals surface area contributed by atoms with Gasteiger partial charge in [0.2, 0.25) is 17.7 Å². The molecule has 0 aromatic heterocycles. The molecule has 8 nitrogen and oxygen atoms in total. The van der Waals surface area contributed by atoms with Gasteiger partial charge in [0.15, 0.2) is 0 Å². The summed E-state index contributed by atoms with van der Waals surface area (Å²) in [5, 5.41) is 9.43. The molecule has 3 N–H and O–H groups in total.